The summed E-state index contributed by atoms with van der Waals surface area (Å²) >= 11 is 1.52. The van der Waals surface area contributed by atoms with Gasteiger partial charge in [0, 0.05) is 4.88 Å². The van der Waals surface area contributed by atoms with Crippen LogP contribution in [0.3, 0.4) is 0 Å². The lowest BCUT2D eigenvalue weighted by Crippen LogP contribution is -2.24. The summed E-state index contributed by atoms with van der Waals surface area (Å²) in [7, 11) is 0. The molecule has 0 amide bonds. The van der Waals surface area contributed by atoms with Crippen LogP contribution in [0.1, 0.15) is 16.0 Å². The van der Waals surface area contributed by atoms with Crippen molar-refractivity contribution in [2.75, 3.05) is 0 Å². The van der Waals surface area contributed by atoms with Crippen LogP contribution in [0, 0.1) is 13.8 Å². The Kier molecular flexibility index (Phi) is 2.91. The quantitative estimate of drug-likeness (QED) is 0.719. The number of fused-ring (bicyclic) bond motifs is 1. The number of nitrogens with zero attached hydrogens (tertiary/aromatic N) is 3. The van der Waals surface area contributed by atoms with E-state index in [4.69, 9.17) is 0 Å². The van der Waals surface area contributed by atoms with Crippen molar-refractivity contribution in [1.29, 1.82) is 0 Å². The van der Waals surface area contributed by atoms with Gasteiger partial charge in [0.2, 0.25) is 0 Å². The summed E-state index contributed by atoms with van der Waals surface area (Å²) in [5, 5.41) is 8.87. The third kappa shape index (κ3) is 2.06. The maximum atomic E-state index is 12.4. The lowest BCUT2D eigenvalue weighted by Gasteiger charge is -2.03. The summed E-state index contributed by atoms with van der Waals surface area (Å²) in [5.41, 5.74) is 2.00. The largest absolute Gasteiger partial charge is 0.279 e. The maximum Gasteiger partial charge on any atom is 0.279 e. The zero-order valence-electron chi connectivity index (χ0n) is 10.8. The van der Waals surface area contributed by atoms with Crippen LogP contribution < -0.4 is 5.56 Å². The van der Waals surface area contributed by atoms with E-state index in [2.05, 4.69) is 10.3 Å². The average molecular weight is 271 g/mol. The van der Waals surface area contributed by atoms with E-state index >= 15 is 0 Å². The van der Waals surface area contributed by atoms with Crippen LogP contribution in [0.2, 0.25) is 0 Å². The molecule has 0 aliphatic carbocycles. The molecule has 0 saturated heterocycles. The van der Waals surface area contributed by atoms with E-state index in [9.17, 15) is 4.79 Å². The van der Waals surface area contributed by atoms with Crippen LogP contribution in [0.15, 0.2) is 35.1 Å². The highest BCUT2D eigenvalue weighted by atomic mass is 32.1. The fraction of sp³-hybridized carbons (Fsp3) is 0.214. The molecule has 0 aliphatic heterocycles. The number of aromatic nitrogens is 3. The molecule has 19 heavy (non-hydrogen) atoms. The Labute approximate surface area is 114 Å². The summed E-state index contributed by atoms with van der Waals surface area (Å²) in [6.07, 6.45) is 0. The zero-order chi connectivity index (χ0) is 13.4. The van der Waals surface area contributed by atoms with E-state index in [1.165, 1.54) is 16.0 Å². The van der Waals surface area contributed by atoms with E-state index in [0.29, 0.717) is 11.9 Å². The molecular formula is C14H13N3OS. The van der Waals surface area contributed by atoms with Crippen molar-refractivity contribution >= 4 is 21.6 Å². The molecule has 2 heterocycles. The van der Waals surface area contributed by atoms with Crippen LogP contribution in [-0.2, 0) is 6.54 Å². The van der Waals surface area contributed by atoms with Crippen molar-refractivity contribution in [3.05, 3.63) is 56.7 Å². The van der Waals surface area contributed by atoms with Gasteiger partial charge in [-0.3, -0.25) is 4.79 Å². The molecule has 3 aromatic rings. The maximum absolute atomic E-state index is 12.4. The van der Waals surface area contributed by atoms with Gasteiger partial charge in [-0.1, -0.05) is 35.5 Å². The molecule has 0 bridgehead atoms. The lowest BCUT2D eigenvalue weighted by molar-refractivity contribution is 0.602. The summed E-state index contributed by atoms with van der Waals surface area (Å²) < 4.78 is 1.43. The summed E-state index contributed by atoms with van der Waals surface area (Å²) in [4.78, 5) is 14.3. The number of rotatable bonds is 2. The van der Waals surface area contributed by atoms with E-state index in [-0.39, 0.29) is 5.56 Å². The summed E-state index contributed by atoms with van der Waals surface area (Å²) in [6.45, 7) is 4.42. The first-order chi connectivity index (χ1) is 9.16. The van der Waals surface area contributed by atoms with Gasteiger partial charge in [0.05, 0.1) is 11.9 Å². The second kappa shape index (κ2) is 4.59. The van der Waals surface area contributed by atoms with E-state index in [1.807, 2.05) is 44.2 Å². The molecule has 4 nitrogen and oxygen atoms in total. The fourth-order valence-corrected chi connectivity index (χ4v) is 3.02. The molecule has 0 saturated carbocycles. The van der Waals surface area contributed by atoms with Crippen LogP contribution in [0.4, 0.5) is 0 Å². The number of aryl methyl sites for hydroxylation is 2. The SMILES string of the molecule is Cc1sc2nnn(Cc3ccccc3)c(=O)c2c1C. The van der Waals surface area contributed by atoms with Gasteiger partial charge in [0.15, 0.2) is 4.83 Å². The van der Waals surface area contributed by atoms with Crippen molar-refractivity contribution in [2.24, 2.45) is 0 Å². The minimum Gasteiger partial charge on any atom is -0.267 e. The molecular weight excluding hydrogens is 258 g/mol. The van der Waals surface area contributed by atoms with Crippen LogP contribution in [0.5, 0.6) is 0 Å². The Morgan fingerprint density at radius 1 is 1.21 bits per heavy atom. The minimum atomic E-state index is -0.0595. The van der Waals surface area contributed by atoms with Gasteiger partial charge in [0.25, 0.3) is 5.56 Å². The molecule has 1 aromatic carbocycles. The van der Waals surface area contributed by atoms with Crippen LogP contribution in [0.25, 0.3) is 10.2 Å². The predicted octanol–water partition coefficient (Wildman–Crippen LogP) is 2.52. The Morgan fingerprint density at radius 2 is 1.95 bits per heavy atom. The molecule has 3 rings (SSSR count). The number of thiophene rings is 1. The first kappa shape index (κ1) is 12.0. The highest BCUT2D eigenvalue weighted by Crippen LogP contribution is 2.24. The van der Waals surface area contributed by atoms with E-state index in [0.717, 1.165) is 20.8 Å². The highest BCUT2D eigenvalue weighted by Gasteiger charge is 2.13. The third-order valence-corrected chi connectivity index (χ3v) is 4.33. The monoisotopic (exact) mass is 271 g/mol. The number of hydrogen-bond donors (Lipinski definition) is 0. The first-order valence-corrected chi connectivity index (χ1v) is 6.86. The molecule has 0 N–H and O–H groups in total. The fourth-order valence-electron chi connectivity index (χ4n) is 2.06. The molecule has 0 radical (unpaired) electrons. The van der Waals surface area contributed by atoms with Gasteiger partial charge in [0.1, 0.15) is 0 Å². The topological polar surface area (TPSA) is 47.8 Å². The third-order valence-electron chi connectivity index (χ3n) is 3.23. The van der Waals surface area contributed by atoms with E-state index in [1.54, 1.807) is 0 Å². The molecule has 0 atom stereocenters. The smallest absolute Gasteiger partial charge is 0.267 e. The second-order valence-electron chi connectivity index (χ2n) is 4.50. The normalized spacial score (nSPS) is 11.1. The van der Waals surface area contributed by atoms with Gasteiger partial charge in [-0.15, -0.1) is 16.4 Å². The van der Waals surface area contributed by atoms with Crippen molar-refractivity contribution in [2.45, 2.75) is 20.4 Å². The van der Waals surface area contributed by atoms with E-state index < -0.39 is 0 Å². The standard InChI is InChI=1S/C14H13N3OS/c1-9-10(2)19-13-12(9)14(18)17(16-15-13)8-11-6-4-3-5-7-11/h3-7H,8H2,1-2H3. The Bertz CT molecular complexity index is 790. The molecule has 0 fully saturated rings. The first-order valence-electron chi connectivity index (χ1n) is 6.04. The van der Waals surface area contributed by atoms with Crippen molar-refractivity contribution < 1.29 is 0 Å². The lowest BCUT2D eigenvalue weighted by atomic mass is 10.2. The van der Waals surface area contributed by atoms with Gasteiger partial charge in [-0.05, 0) is 25.0 Å². The Hall–Kier alpha value is -2.01. The van der Waals surface area contributed by atoms with Crippen LogP contribution >= 0.6 is 11.3 Å². The summed E-state index contributed by atoms with van der Waals surface area (Å²) in [6, 6.07) is 9.81. The predicted molar refractivity (Wildman–Crippen MR) is 76.7 cm³/mol. The van der Waals surface area contributed by atoms with Crippen molar-refractivity contribution in [1.82, 2.24) is 15.0 Å². The second-order valence-corrected chi connectivity index (χ2v) is 5.70. The molecule has 0 unspecified atom stereocenters. The Balaban J connectivity index is 2.13. The minimum absolute atomic E-state index is 0.0595. The van der Waals surface area contributed by atoms with Gasteiger partial charge < -0.3 is 0 Å². The molecule has 0 aliphatic rings. The number of benzene rings is 1. The zero-order valence-corrected chi connectivity index (χ0v) is 11.6. The Morgan fingerprint density at radius 3 is 2.68 bits per heavy atom. The van der Waals surface area contributed by atoms with Crippen molar-refractivity contribution in [3.63, 3.8) is 0 Å². The molecule has 96 valence electrons. The molecule has 2 aromatic heterocycles. The average Bonchev–Trinajstić information content (AvgIpc) is 2.71. The molecule has 5 heteroatoms. The summed E-state index contributed by atoms with van der Waals surface area (Å²) in [5.74, 6) is 0. The van der Waals surface area contributed by atoms with Gasteiger partial charge in [-0.2, -0.15) is 0 Å². The highest BCUT2D eigenvalue weighted by molar-refractivity contribution is 7.18. The molecule has 0 spiro atoms. The van der Waals surface area contributed by atoms with Crippen molar-refractivity contribution in [3.8, 4) is 0 Å². The van der Waals surface area contributed by atoms with Crippen LogP contribution in [-0.4, -0.2) is 15.0 Å². The van der Waals surface area contributed by atoms with Gasteiger partial charge >= 0.3 is 0 Å². The number of hydrogen-bond acceptors (Lipinski definition) is 4. The van der Waals surface area contributed by atoms with Gasteiger partial charge in [-0.25, -0.2) is 4.68 Å².